The van der Waals surface area contributed by atoms with Gasteiger partial charge in [0, 0.05) is 10.8 Å². The summed E-state index contributed by atoms with van der Waals surface area (Å²) in [7, 11) is 0. The monoisotopic (exact) mass is 386 g/mol. The van der Waals surface area contributed by atoms with Crippen LogP contribution in [0.5, 0.6) is 0 Å². The molecule has 2 aromatic carbocycles. The molecule has 0 radical (unpaired) electrons. The summed E-state index contributed by atoms with van der Waals surface area (Å²) in [6.45, 7) is 15.0. The van der Waals surface area contributed by atoms with Gasteiger partial charge in [-0.05, 0) is 22.1 Å². The second kappa shape index (κ2) is 7.44. The molecule has 2 atom stereocenters. The lowest BCUT2D eigenvalue weighted by Gasteiger charge is -2.46. The molecule has 0 aromatic heterocycles. The van der Waals surface area contributed by atoms with Gasteiger partial charge in [-0.2, -0.15) is 0 Å². The Hall–Kier alpha value is -2.41. The second-order valence-corrected chi connectivity index (χ2v) is 10.5. The smallest absolute Gasteiger partial charge is 0.146 e. The number of allylic oxidation sites excluding steroid dienone is 4. The number of carbonyl (C=O) groups excluding carboxylic acids is 1. The maximum atomic E-state index is 13.8. The molecule has 0 aliphatic heterocycles. The third-order valence-corrected chi connectivity index (χ3v) is 6.05. The SMILES string of the molecule is CC(C)(C)C(=O)[C@@H]1C(C(C)(C)C)=CC(c2ccccc2)=C[C@]1(C)c1ccccc1. The molecule has 0 spiro atoms. The van der Waals surface area contributed by atoms with Gasteiger partial charge in [-0.15, -0.1) is 0 Å². The molecule has 1 aliphatic carbocycles. The van der Waals surface area contributed by atoms with Gasteiger partial charge in [-0.25, -0.2) is 0 Å². The van der Waals surface area contributed by atoms with E-state index in [2.05, 4.69) is 88.4 Å². The van der Waals surface area contributed by atoms with E-state index in [0.29, 0.717) is 5.78 Å². The van der Waals surface area contributed by atoms with Gasteiger partial charge >= 0.3 is 0 Å². The molecule has 0 saturated carbocycles. The summed E-state index contributed by atoms with van der Waals surface area (Å²) >= 11 is 0. The molecule has 0 amide bonds. The molecule has 0 bridgehead atoms. The van der Waals surface area contributed by atoms with Crippen LogP contribution in [0.2, 0.25) is 0 Å². The minimum atomic E-state index is -0.414. The summed E-state index contributed by atoms with van der Waals surface area (Å²) in [5, 5.41) is 0. The van der Waals surface area contributed by atoms with Crippen LogP contribution in [-0.2, 0) is 10.2 Å². The van der Waals surface area contributed by atoms with E-state index in [9.17, 15) is 4.79 Å². The van der Waals surface area contributed by atoms with Crippen molar-refractivity contribution in [3.63, 3.8) is 0 Å². The summed E-state index contributed by atoms with van der Waals surface area (Å²) in [4.78, 5) is 13.8. The van der Waals surface area contributed by atoms with Gasteiger partial charge in [0.05, 0.1) is 5.92 Å². The van der Waals surface area contributed by atoms with Crippen LogP contribution in [0.25, 0.3) is 5.57 Å². The van der Waals surface area contributed by atoms with Crippen LogP contribution in [0.1, 0.15) is 59.6 Å². The number of rotatable bonds is 3. The molecule has 0 heterocycles. The second-order valence-electron chi connectivity index (χ2n) is 10.5. The summed E-state index contributed by atoms with van der Waals surface area (Å²) in [6.07, 6.45) is 4.59. The van der Waals surface area contributed by atoms with Crippen molar-refractivity contribution in [3.8, 4) is 0 Å². The normalized spacial score (nSPS) is 22.7. The summed E-state index contributed by atoms with van der Waals surface area (Å²) in [6, 6.07) is 21.0. The Labute approximate surface area is 176 Å². The highest BCUT2D eigenvalue weighted by Gasteiger charge is 2.48. The zero-order chi connectivity index (χ0) is 21.4. The standard InChI is InChI=1S/C28H34O/c1-26(2,3)23-18-21(20-14-10-8-11-15-20)19-28(7,22-16-12-9-13-17-22)24(23)25(29)27(4,5)6/h8-19,24H,1-7H3/t24-,28+/m0/s1. The molecule has 0 N–H and O–H groups in total. The van der Waals surface area contributed by atoms with E-state index in [-0.39, 0.29) is 11.3 Å². The van der Waals surface area contributed by atoms with Gasteiger partial charge in [0.15, 0.2) is 0 Å². The van der Waals surface area contributed by atoms with E-state index in [1.807, 2.05) is 32.9 Å². The van der Waals surface area contributed by atoms with Gasteiger partial charge in [0.2, 0.25) is 0 Å². The number of ketones is 1. The maximum Gasteiger partial charge on any atom is 0.146 e. The van der Waals surface area contributed by atoms with E-state index in [1.165, 1.54) is 22.3 Å². The van der Waals surface area contributed by atoms with E-state index in [4.69, 9.17) is 0 Å². The Morgan fingerprint density at radius 2 is 1.34 bits per heavy atom. The fourth-order valence-electron chi connectivity index (χ4n) is 4.36. The van der Waals surface area contributed by atoms with Gasteiger partial charge < -0.3 is 0 Å². The highest BCUT2D eigenvalue weighted by atomic mass is 16.1. The number of hydrogen-bond acceptors (Lipinski definition) is 1. The lowest BCUT2D eigenvalue weighted by atomic mass is 9.56. The quantitative estimate of drug-likeness (QED) is 0.543. The fourth-order valence-corrected chi connectivity index (χ4v) is 4.36. The van der Waals surface area contributed by atoms with Crippen LogP contribution in [-0.4, -0.2) is 5.78 Å². The van der Waals surface area contributed by atoms with Crippen LogP contribution in [0.15, 0.2) is 78.4 Å². The first-order chi connectivity index (χ1) is 13.4. The van der Waals surface area contributed by atoms with Crippen molar-refractivity contribution in [1.82, 2.24) is 0 Å². The number of carbonyl (C=O) groups is 1. The molecule has 0 unspecified atom stereocenters. The molecule has 0 fully saturated rings. The molecular weight excluding hydrogens is 352 g/mol. The fraction of sp³-hybridized carbons (Fsp3) is 0.393. The molecule has 1 heteroatoms. The Morgan fingerprint density at radius 3 is 1.83 bits per heavy atom. The van der Waals surface area contributed by atoms with E-state index >= 15 is 0 Å². The lowest BCUT2D eigenvalue weighted by Crippen LogP contribution is -2.46. The van der Waals surface area contributed by atoms with Crippen molar-refractivity contribution < 1.29 is 4.79 Å². The molecule has 2 aromatic rings. The van der Waals surface area contributed by atoms with Crippen molar-refractivity contribution in [1.29, 1.82) is 0 Å². The highest BCUT2D eigenvalue weighted by molar-refractivity contribution is 5.93. The van der Waals surface area contributed by atoms with Crippen molar-refractivity contribution in [2.24, 2.45) is 16.7 Å². The zero-order valence-corrected chi connectivity index (χ0v) is 18.9. The van der Waals surface area contributed by atoms with Crippen molar-refractivity contribution >= 4 is 11.4 Å². The maximum absolute atomic E-state index is 13.8. The third kappa shape index (κ3) is 4.15. The first-order valence-electron chi connectivity index (χ1n) is 10.5. The highest BCUT2D eigenvalue weighted by Crippen LogP contribution is 2.51. The predicted octanol–water partition coefficient (Wildman–Crippen LogP) is 7.25. The largest absolute Gasteiger partial charge is 0.298 e. The summed E-state index contributed by atoms with van der Waals surface area (Å²) in [5.74, 6) is 0.103. The minimum absolute atomic E-state index is 0.115. The van der Waals surface area contributed by atoms with E-state index in [1.54, 1.807) is 0 Å². The van der Waals surface area contributed by atoms with Crippen LogP contribution in [0.3, 0.4) is 0 Å². The van der Waals surface area contributed by atoms with Crippen molar-refractivity contribution in [2.75, 3.05) is 0 Å². The molecular formula is C28H34O. The number of benzene rings is 2. The van der Waals surface area contributed by atoms with E-state index in [0.717, 1.165) is 0 Å². The first-order valence-corrected chi connectivity index (χ1v) is 10.5. The topological polar surface area (TPSA) is 17.1 Å². The van der Waals surface area contributed by atoms with Crippen LogP contribution >= 0.6 is 0 Å². The average molecular weight is 387 g/mol. The molecule has 1 nitrogen and oxygen atoms in total. The summed E-state index contributed by atoms with van der Waals surface area (Å²) < 4.78 is 0. The number of hydrogen-bond donors (Lipinski definition) is 0. The van der Waals surface area contributed by atoms with Gasteiger partial charge in [-0.3, -0.25) is 4.79 Å². The Balaban J connectivity index is 2.32. The Bertz CT molecular complexity index is 933. The zero-order valence-electron chi connectivity index (χ0n) is 18.9. The van der Waals surface area contributed by atoms with Gasteiger partial charge in [-0.1, -0.05) is 127 Å². The predicted molar refractivity (Wildman–Crippen MR) is 124 cm³/mol. The summed E-state index contributed by atoms with van der Waals surface area (Å²) in [5.41, 5.74) is 3.85. The van der Waals surface area contributed by atoms with Gasteiger partial charge in [0.1, 0.15) is 5.78 Å². The Kier molecular flexibility index (Phi) is 5.47. The van der Waals surface area contributed by atoms with Crippen molar-refractivity contribution in [3.05, 3.63) is 89.5 Å². The number of Topliss-reactive ketones (excluding diaryl/α,β-unsaturated/α-hetero) is 1. The third-order valence-electron chi connectivity index (χ3n) is 6.05. The van der Waals surface area contributed by atoms with Crippen LogP contribution < -0.4 is 0 Å². The van der Waals surface area contributed by atoms with Crippen LogP contribution in [0.4, 0.5) is 0 Å². The minimum Gasteiger partial charge on any atom is -0.298 e. The molecule has 3 rings (SSSR count). The van der Waals surface area contributed by atoms with E-state index < -0.39 is 10.8 Å². The molecule has 0 saturated heterocycles. The Morgan fingerprint density at radius 1 is 0.828 bits per heavy atom. The average Bonchev–Trinajstić information content (AvgIpc) is 2.67. The lowest BCUT2D eigenvalue weighted by molar-refractivity contribution is -0.131. The van der Waals surface area contributed by atoms with Gasteiger partial charge in [0.25, 0.3) is 0 Å². The molecule has 152 valence electrons. The van der Waals surface area contributed by atoms with Crippen LogP contribution in [0, 0.1) is 16.7 Å². The molecule has 1 aliphatic rings. The van der Waals surface area contributed by atoms with Crippen molar-refractivity contribution in [2.45, 2.75) is 53.9 Å². The molecule has 29 heavy (non-hydrogen) atoms. The first kappa shape index (κ1) is 21.3.